The molecule has 0 bridgehead atoms. The standard InChI is InChI=1S/C30H32FN5O3/c1-6-28(37)35(5)23-9-7-8-20(13-23)22-14-24-25(21-10-11-33-27(31)15-21)17-36(29(24)34-16-22)19(4)39-30(38)26(32)12-18(2)3/h6-11,13-19,26H,1,12,32H2,2-5H3. The number of carbonyl (C=O) groups is 2. The minimum atomic E-state index is -0.735. The number of ether oxygens (including phenoxy) is 1. The van der Waals surface area contributed by atoms with Crippen molar-refractivity contribution in [3.63, 3.8) is 0 Å². The van der Waals surface area contributed by atoms with Crippen molar-refractivity contribution in [3.8, 4) is 22.3 Å². The number of halogens is 1. The number of hydrogen-bond donors (Lipinski definition) is 1. The molecule has 1 amide bonds. The van der Waals surface area contributed by atoms with Gasteiger partial charge in [0.2, 0.25) is 11.9 Å². The lowest BCUT2D eigenvalue weighted by atomic mass is 10.0. The topological polar surface area (TPSA) is 103 Å². The Bertz CT molecular complexity index is 1530. The second kappa shape index (κ2) is 11.6. The number of pyridine rings is 2. The number of nitrogens with zero attached hydrogens (tertiary/aromatic N) is 4. The van der Waals surface area contributed by atoms with Crippen LogP contribution < -0.4 is 10.6 Å². The fourth-order valence-electron chi connectivity index (χ4n) is 4.44. The lowest BCUT2D eigenvalue weighted by molar-refractivity contribution is -0.154. The zero-order valence-corrected chi connectivity index (χ0v) is 22.5. The number of nitrogens with two attached hydrogens (primary N) is 1. The third kappa shape index (κ3) is 6.04. The fraction of sp³-hybridized carbons (Fsp3) is 0.267. The van der Waals surface area contributed by atoms with Gasteiger partial charge in [-0.05, 0) is 60.7 Å². The second-order valence-corrected chi connectivity index (χ2v) is 9.84. The van der Waals surface area contributed by atoms with E-state index in [2.05, 4.69) is 11.6 Å². The molecule has 0 saturated heterocycles. The summed E-state index contributed by atoms with van der Waals surface area (Å²) in [7, 11) is 1.68. The number of hydrogen-bond acceptors (Lipinski definition) is 6. The first-order valence-electron chi connectivity index (χ1n) is 12.7. The molecule has 9 heteroatoms. The van der Waals surface area contributed by atoms with Gasteiger partial charge in [-0.2, -0.15) is 4.39 Å². The van der Waals surface area contributed by atoms with Crippen LogP contribution in [0, 0.1) is 11.9 Å². The minimum absolute atomic E-state index is 0.226. The lowest BCUT2D eigenvalue weighted by Gasteiger charge is -2.19. The van der Waals surface area contributed by atoms with Crippen LogP contribution in [0.2, 0.25) is 0 Å². The maximum Gasteiger partial charge on any atom is 0.324 e. The number of anilines is 1. The maximum atomic E-state index is 14.1. The Morgan fingerprint density at radius 1 is 1.13 bits per heavy atom. The van der Waals surface area contributed by atoms with E-state index in [1.54, 1.807) is 37.0 Å². The van der Waals surface area contributed by atoms with E-state index in [-0.39, 0.29) is 11.8 Å². The van der Waals surface area contributed by atoms with Gasteiger partial charge in [0.15, 0.2) is 6.23 Å². The molecule has 0 aliphatic rings. The Balaban J connectivity index is 1.79. The number of likely N-dealkylation sites (N-methyl/N-ethyl adjacent to an activating group) is 1. The largest absolute Gasteiger partial charge is 0.440 e. The molecular formula is C30H32FN5O3. The van der Waals surface area contributed by atoms with Gasteiger partial charge in [0.1, 0.15) is 11.7 Å². The summed E-state index contributed by atoms with van der Waals surface area (Å²) in [5.74, 6) is -1.09. The van der Waals surface area contributed by atoms with Gasteiger partial charge in [0.25, 0.3) is 0 Å². The molecule has 0 radical (unpaired) electrons. The van der Waals surface area contributed by atoms with Gasteiger partial charge in [-0.1, -0.05) is 32.6 Å². The van der Waals surface area contributed by atoms with Crippen molar-refractivity contribution in [1.82, 2.24) is 14.5 Å². The molecule has 0 aliphatic carbocycles. The Morgan fingerprint density at radius 2 is 1.90 bits per heavy atom. The third-order valence-corrected chi connectivity index (χ3v) is 6.49. The van der Waals surface area contributed by atoms with E-state index in [4.69, 9.17) is 15.5 Å². The van der Waals surface area contributed by atoms with Crippen molar-refractivity contribution in [2.24, 2.45) is 11.7 Å². The summed E-state index contributed by atoms with van der Waals surface area (Å²) >= 11 is 0. The van der Waals surface area contributed by atoms with Crippen LogP contribution >= 0.6 is 0 Å². The summed E-state index contributed by atoms with van der Waals surface area (Å²) in [6, 6.07) is 11.8. The molecule has 2 atom stereocenters. The average Bonchev–Trinajstić information content (AvgIpc) is 3.31. The van der Waals surface area contributed by atoms with Crippen LogP contribution in [0.15, 0.2) is 73.7 Å². The first kappa shape index (κ1) is 27.7. The molecule has 0 saturated carbocycles. The van der Waals surface area contributed by atoms with Crippen molar-refractivity contribution < 1.29 is 18.7 Å². The van der Waals surface area contributed by atoms with Crippen molar-refractivity contribution in [2.45, 2.75) is 39.5 Å². The van der Waals surface area contributed by atoms with Crippen LogP contribution in [-0.2, 0) is 14.3 Å². The zero-order chi connectivity index (χ0) is 28.3. The first-order chi connectivity index (χ1) is 18.6. The molecule has 0 spiro atoms. The summed E-state index contributed by atoms with van der Waals surface area (Å²) in [5.41, 5.74) is 10.2. The van der Waals surface area contributed by atoms with Crippen LogP contribution in [0.5, 0.6) is 0 Å². The monoisotopic (exact) mass is 529 g/mol. The van der Waals surface area contributed by atoms with Gasteiger partial charge in [-0.25, -0.2) is 9.97 Å². The van der Waals surface area contributed by atoms with Gasteiger partial charge in [-0.15, -0.1) is 0 Å². The van der Waals surface area contributed by atoms with E-state index in [9.17, 15) is 14.0 Å². The van der Waals surface area contributed by atoms with E-state index in [1.807, 2.05) is 44.2 Å². The van der Waals surface area contributed by atoms with E-state index in [0.29, 0.717) is 28.9 Å². The molecule has 0 aliphatic heterocycles. The van der Waals surface area contributed by atoms with Crippen LogP contribution in [-0.4, -0.2) is 39.5 Å². The molecule has 2 N–H and O–H groups in total. The maximum absolute atomic E-state index is 14.1. The van der Waals surface area contributed by atoms with Crippen molar-refractivity contribution in [1.29, 1.82) is 0 Å². The molecule has 8 nitrogen and oxygen atoms in total. The highest BCUT2D eigenvalue weighted by Crippen LogP contribution is 2.35. The molecule has 3 heterocycles. The van der Waals surface area contributed by atoms with E-state index in [0.717, 1.165) is 16.5 Å². The molecule has 3 aromatic heterocycles. The number of carbonyl (C=O) groups excluding carboxylic acids is 2. The number of fused-ring (bicyclic) bond motifs is 1. The van der Waals surface area contributed by atoms with Crippen molar-refractivity contribution in [3.05, 3.63) is 79.7 Å². The Kier molecular flexibility index (Phi) is 8.21. The van der Waals surface area contributed by atoms with E-state index in [1.165, 1.54) is 23.2 Å². The molecule has 1 aromatic carbocycles. The van der Waals surface area contributed by atoms with Gasteiger partial charge in [0, 0.05) is 53.9 Å². The van der Waals surface area contributed by atoms with Crippen LogP contribution in [0.1, 0.15) is 33.4 Å². The summed E-state index contributed by atoms with van der Waals surface area (Å²) in [6.07, 6.45) is 5.95. The number of aromatic nitrogens is 3. The predicted octanol–water partition coefficient (Wildman–Crippen LogP) is 5.49. The second-order valence-electron chi connectivity index (χ2n) is 9.84. The number of esters is 1. The average molecular weight is 530 g/mol. The van der Waals surface area contributed by atoms with E-state index >= 15 is 0 Å². The van der Waals surface area contributed by atoms with Crippen LogP contribution in [0.3, 0.4) is 0 Å². The van der Waals surface area contributed by atoms with Gasteiger partial charge in [0.05, 0.1) is 0 Å². The predicted molar refractivity (Wildman–Crippen MR) is 150 cm³/mol. The zero-order valence-electron chi connectivity index (χ0n) is 22.5. The Labute approximate surface area is 226 Å². The van der Waals surface area contributed by atoms with E-state index < -0.39 is 24.2 Å². The first-order valence-corrected chi connectivity index (χ1v) is 12.7. The molecule has 4 rings (SSSR count). The van der Waals surface area contributed by atoms with Gasteiger partial charge in [-0.3, -0.25) is 14.2 Å². The molecule has 202 valence electrons. The molecule has 39 heavy (non-hydrogen) atoms. The molecular weight excluding hydrogens is 497 g/mol. The molecule has 4 aromatic rings. The minimum Gasteiger partial charge on any atom is -0.440 e. The number of rotatable bonds is 9. The summed E-state index contributed by atoms with van der Waals surface area (Å²) in [5, 5.41) is 0.730. The summed E-state index contributed by atoms with van der Waals surface area (Å²) in [6.45, 7) is 9.27. The lowest BCUT2D eigenvalue weighted by Crippen LogP contribution is -2.34. The smallest absolute Gasteiger partial charge is 0.324 e. The summed E-state index contributed by atoms with van der Waals surface area (Å²) < 4.78 is 21.5. The van der Waals surface area contributed by atoms with Gasteiger partial charge < -0.3 is 15.4 Å². The van der Waals surface area contributed by atoms with Crippen molar-refractivity contribution >= 4 is 28.6 Å². The van der Waals surface area contributed by atoms with Crippen molar-refractivity contribution in [2.75, 3.05) is 11.9 Å². The quantitative estimate of drug-likeness (QED) is 0.175. The highest BCUT2D eigenvalue weighted by atomic mass is 19.1. The molecule has 0 fully saturated rings. The fourth-order valence-corrected chi connectivity index (χ4v) is 4.44. The molecule has 2 unspecified atom stereocenters. The van der Waals surface area contributed by atoms with Gasteiger partial charge >= 0.3 is 5.97 Å². The van der Waals surface area contributed by atoms with Crippen LogP contribution in [0.25, 0.3) is 33.3 Å². The highest BCUT2D eigenvalue weighted by Gasteiger charge is 2.23. The SMILES string of the molecule is C=CC(=O)N(C)c1cccc(-c2cnc3c(c2)c(-c2ccnc(F)c2)cn3C(C)OC(=O)C(N)CC(C)C)c1. The Hall–Kier alpha value is -4.37. The number of benzene rings is 1. The highest BCUT2D eigenvalue weighted by molar-refractivity contribution is 6.01. The third-order valence-electron chi connectivity index (χ3n) is 6.49. The normalized spacial score (nSPS) is 12.8. The number of amides is 1. The van der Waals surface area contributed by atoms with Crippen LogP contribution in [0.4, 0.5) is 10.1 Å². The Morgan fingerprint density at radius 3 is 2.59 bits per heavy atom. The summed E-state index contributed by atoms with van der Waals surface area (Å²) in [4.78, 5) is 34.6.